The molecule has 0 aliphatic heterocycles. The largest absolute Gasteiger partial charge is 0.390 e. The monoisotopic (exact) mass is 228 g/mol. The molecular weight excluding hydrogens is 198 g/mol. The highest BCUT2D eigenvalue weighted by Gasteiger charge is 2.31. The van der Waals surface area contributed by atoms with Crippen molar-refractivity contribution in [2.24, 2.45) is 11.3 Å². The van der Waals surface area contributed by atoms with E-state index in [2.05, 4.69) is 33.0 Å². The first kappa shape index (κ1) is 14.0. The van der Waals surface area contributed by atoms with Gasteiger partial charge in [0.25, 0.3) is 0 Å². The van der Waals surface area contributed by atoms with Gasteiger partial charge in [-0.1, -0.05) is 27.7 Å². The Hall–Kier alpha value is -0.0800. The predicted octanol–water partition coefficient (Wildman–Crippen LogP) is 1.93. The van der Waals surface area contributed by atoms with Crippen molar-refractivity contribution in [2.75, 3.05) is 6.61 Å². The standard InChI is InChI=1S/C14H29NO/c1-5-12(10-16)15-13-8-6-11(7-9-13)14(2,3)4/h11-13,15-16H,5-10H2,1-4H3/p+1/t11?,12-,13?/m1/s1. The van der Waals surface area contributed by atoms with Crippen LogP contribution in [-0.2, 0) is 0 Å². The summed E-state index contributed by atoms with van der Waals surface area (Å²) in [5.41, 5.74) is 0.478. The maximum Gasteiger partial charge on any atom is 0.109 e. The average Bonchev–Trinajstić information content (AvgIpc) is 2.25. The van der Waals surface area contributed by atoms with Gasteiger partial charge in [-0.25, -0.2) is 0 Å². The minimum absolute atomic E-state index is 0.329. The molecule has 16 heavy (non-hydrogen) atoms. The van der Waals surface area contributed by atoms with E-state index in [-0.39, 0.29) is 0 Å². The first-order valence-corrected chi connectivity index (χ1v) is 6.93. The number of quaternary nitrogens is 1. The van der Waals surface area contributed by atoms with Gasteiger partial charge in [-0.2, -0.15) is 0 Å². The summed E-state index contributed by atoms with van der Waals surface area (Å²) in [7, 11) is 0. The van der Waals surface area contributed by atoms with E-state index in [1.54, 1.807) is 0 Å². The minimum Gasteiger partial charge on any atom is -0.390 e. The predicted molar refractivity (Wildman–Crippen MR) is 68.3 cm³/mol. The molecule has 0 heterocycles. The van der Waals surface area contributed by atoms with Crippen molar-refractivity contribution in [1.29, 1.82) is 0 Å². The summed E-state index contributed by atoms with van der Waals surface area (Å²) in [6.45, 7) is 9.59. The molecule has 0 amide bonds. The second-order valence-corrected chi connectivity index (χ2v) is 6.52. The highest BCUT2D eigenvalue weighted by molar-refractivity contribution is 4.80. The van der Waals surface area contributed by atoms with E-state index in [9.17, 15) is 5.11 Å². The zero-order valence-electron chi connectivity index (χ0n) is 11.5. The molecule has 2 heteroatoms. The van der Waals surface area contributed by atoms with Crippen LogP contribution in [0.1, 0.15) is 59.8 Å². The van der Waals surface area contributed by atoms with Gasteiger partial charge >= 0.3 is 0 Å². The highest BCUT2D eigenvalue weighted by atomic mass is 16.3. The first-order chi connectivity index (χ1) is 7.47. The van der Waals surface area contributed by atoms with Crippen molar-refractivity contribution in [3.8, 4) is 0 Å². The Kier molecular flexibility index (Phi) is 5.26. The number of hydrogen-bond acceptors (Lipinski definition) is 1. The summed E-state index contributed by atoms with van der Waals surface area (Å²) < 4.78 is 0. The molecule has 1 aliphatic rings. The molecule has 1 atom stereocenters. The minimum atomic E-state index is 0.329. The lowest BCUT2D eigenvalue weighted by Crippen LogP contribution is -2.96. The molecule has 1 saturated carbocycles. The van der Waals surface area contributed by atoms with Crippen LogP contribution in [0.4, 0.5) is 0 Å². The number of nitrogens with two attached hydrogens (primary N) is 1. The highest BCUT2D eigenvalue weighted by Crippen LogP contribution is 2.37. The van der Waals surface area contributed by atoms with E-state index in [0.29, 0.717) is 18.1 Å². The van der Waals surface area contributed by atoms with Crippen molar-refractivity contribution in [2.45, 2.75) is 71.9 Å². The molecule has 96 valence electrons. The van der Waals surface area contributed by atoms with Gasteiger partial charge in [0.1, 0.15) is 6.04 Å². The van der Waals surface area contributed by atoms with Gasteiger partial charge in [-0.3, -0.25) is 0 Å². The Morgan fingerprint density at radius 2 is 1.75 bits per heavy atom. The maximum absolute atomic E-state index is 9.21. The van der Waals surface area contributed by atoms with Crippen molar-refractivity contribution in [1.82, 2.24) is 0 Å². The van der Waals surface area contributed by atoms with Crippen molar-refractivity contribution in [3.63, 3.8) is 0 Å². The van der Waals surface area contributed by atoms with E-state index in [4.69, 9.17) is 0 Å². The van der Waals surface area contributed by atoms with E-state index in [1.807, 2.05) is 0 Å². The molecule has 0 saturated heterocycles. The lowest BCUT2D eigenvalue weighted by molar-refractivity contribution is -0.725. The smallest absolute Gasteiger partial charge is 0.109 e. The van der Waals surface area contributed by atoms with Crippen LogP contribution in [0.25, 0.3) is 0 Å². The molecule has 1 aliphatic carbocycles. The fourth-order valence-electron chi connectivity index (χ4n) is 2.89. The molecule has 1 rings (SSSR count). The number of aliphatic hydroxyl groups is 1. The fourth-order valence-corrected chi connectivity index (χ4v) is 2.89. The molecule has 0 aromatic carbocycles. The number of rotatable bonds is 4. The molecule has 0 aromatic rings. The Morgan fingerprint density at radius 1 is 1.19 bits per heavy atom. The number of hydrogen-bond donors (Lipinski definition) is 2. The maximum atomic E-state index is 9.21. The molecule has 2 nitrogen and oxygen atoms in total. The van der Waals surface area contributed by atoms with Crippen LogP contribution in [0, 0.1) is 11.3 Å². The summed E-state index contributed by atoms with van der Waals surface area (Å²) in [5.74, 6) is 0.895. The van der Waals surface area contributed by atoms with Crippen molar-refractivity contribution < 1.29 is 10.4 Å². The van der Waals surface area contributed by atoms with Crippen LogP contribution in [-0.4, -0.2) is 23.8 Å². The summed E-state index contributed by atoms with van der Waals surface area (Å²) in [5, 5.41) is 11.6. The normalized spacial score (nSPS) is 29.1. The van der Waals surface area contributed by atoms with Crippen LogP contribution in [0.2, 0.25) is 0 Å². The van der Waals surface area contributed by atoms with E-state index < -0.39 is 0 Å². The zero-order valence-corrected chi connectivity index (χ0v) is 11.5. The van der Waals surface area contributed by atoms with E-state index in [1.165, 1.54) is 25.7 Å². The third-order valence-electron chi connectivity index (χ3n) is 4.30. The molecule has 0 aromatic heterocycles. The average molecular weight is 228 g/mol. The lowest BCUT2D eigenvalue weighted by Gasteiger charge is -2.36. The van der Waals surface area contributed by atoms with Gasteiger partial charge in [-0.05, 0) is 43.4 Å². The van der Waals surface area contributed by atoms with E-state index >= 15 is 0 Å². The van der Waals surface area contributed by atoms with Crippen LogP contribution < -0.4 is 5.32 Å². The van der Waals surface area contributed by atoms with Crippen LogP contribution in [0.5, 0.6) is 0 Å². The third-order valence-corrected chi connectivity index (χ3v) is 4.30. The van der Waals surface area contributed by atoms with Crippen LogP contribution in [0.3, 0.4) is 0 Å². The van der Waals surface area contributed by atoms with Gasteiger partial charge in [0.2, 0.25) is 0 Å². The SMILES string of the molecule is CC[C@H](CO)[NH2+]C1CCC(C(C)(C)C)CC1. The van der Waals surface area contributed by atoms with Crippen molar-refractivity contribution in [3.05, 3.63) is 0 Å². The molecule has 0 spiro atoms. The third kappa shape index (κ3) is 4.06. The summed E-state index contributed by atoms with van der Waals surface area (Å²) in [6, 6.07) is 1.19. The quantitative estimate of drug-likeness (QED) is 0.758. The van der Waals surface area contributed by atoms with Gasteiger partial charge in [0.05, 0.1) is 12.6 Å². The van der Waals surface area contributed by atoms with Gasteiger partial charge < -0.3 is 10.4 Å². The fraction of sp³-hybridized carbons (Fsp3) is 1.00. The summed E-state index contributed by atoms with van der Waals surface area (Å²) in [6.07, 6.45) is 6.48. The topological polar surface area (TPSA) is 36.8 Å². The Morgan fingerprint density at radius 3 is 2.12 bits per heavy atom. The molecule has 1 fully saturated rings. The molecule has 0 radical (unpaired) electrons. The second kappa shape index (κ2) is 6.02. The van der Waals surface area contributed by atoms with Gasteiger partial charge in [-0.15, -0.1) is 0 Å². The van der Waals surface area contributed by atoms with Gasteiger partial charge in [0.15, 0.2) is 0 Å². The second-order valence-electron chi connectivity index (χ2n) is 6.52. The first-order valence-electron chi connectivity index (χ1n) is 6.93. The lowest BCUT2D eigenvalue weighted by atomic mass is 9.71. The zero-order chi connectivity index (χ0) is 12.2. The molecule has 0 bridgehead atoms. The Bertz CT molecular complexity index is 185. The Labute approximate surface area is 101 Å². The number of aliphatic hydroxyl groups excluding tert-OH is 1. The summed E-state index contributed by atoms with van der Waals surface area (Å²) >= 11 is 0. The van der Waals surface area contributed by atoms with E-state index in [0.717, 1.165) is 18.4 Å². The molecule has 0 unspecified atom stereocenters. The van der Waals surface area contributed by atoms with Crippen LogP contribution >= 0.6 is 0 Å². The molecular formula is C14H30NO+. The van der Waals surface area contributed by atoms with Crippen molar-refractivity contribution >= 4 is 0 Å². The van der Waals surface area contributed by atoms with Crippen LogP contribution in [0.15, 0.2) is 0 Å². The van der Waals surface area contributed by atoms with Gasteiger partial charge in [0, 0.05) is 0 Å². The Balaban J connectivity index is 2.32. The molecule has 3 N–H and O–H groups in total. The summed E-state index contributed by atoms with van der Waals surface area (Å²) in [4.78, 5) is 0.